The van der Waals surface area contributed by atoms with Gasteiger partial charge in [-0.15, -0.1) is 0 Å². The van der Waals surface area contributed by atoms with Crippen LogP contribution in [-0.4, -0.2) is 6.61 Å². The topological polar surface area (TPSA) is 21.3 Å². The zero-order valence-corrected chi connectivity index (χ0v) is 3.85. The Morgan fingerprint density at radius 3 is 3.71 bits per heavy atom. The van der Waals surface area contributed by atoms with Crippen LogP contribution in [0.25, 0.3) is 0 Å². The van der Waals surface area contributed by atoms with E-state index in [1.165, 1.54) is 0 Å². The van der Waals surface area contributed by atoms with Crippen molar-refractivity contribution in [3.05, 3.63) is 24.4 Å². The standard InChI is InChI=1S/C5H6NO/c1-2-4-6-7-5-3-1/h1,3-4,6H,5H2. The molecule has 1 aliphatic heterocycles. The number of allylic oxidation sites excluding steroid dienone is 2. The van der Waals surface area contributed by atoms with Crippen LogP contribution >= 0.6 is 0 Å². The fourth-order valence-electron chi connectivity index (χ4n) is 0.336. The molecule has 0 atom stereocenters. The Morgan fingerprint density at radius 1 is 1.71 bits per heavy atom. The highest BCUT2D eigenvalue weighted by atomic mass is 16.6. The highest BCUT2D eigenvalue weighted by Gasteiger charge is 1.78. The molecule has 1 heterocycles. The van der Waals surface area contributed by atoms with Crippen molar-refractivity contribution >= 4 is 0 Å². The molecule has 7 heavy (non-hydrogen) atoms. The Balaban J connectivity index is 2.39. The molecule has 0 saturated heterocycles. The molecule has 0 unspecified atom stereocenters. The molecule has 0 aliphatic carbocycles. The molecule has 37 valence electrons. The fraction of sp³-hybridized carbons (Fsp3) is 0.200. The Hall–Kier alpha value is -0.760. The Bertz CT molecular complexity index is 84.3. The van der Waals surface area contributed by atoms with Gasteiger partial charge in [-0.05, 0) is 0 Å². The van der Waals surface area contributed by atoms with Gasteiger partial charge in [-0.25, -0.2) is 0 Å². The predicted octanol–water partition coefficient (Wildman–Crippen LogP) is 0.394. The lowest BCUT2D eigenvalue weighted by atomic mass is 10.5. The third-order valence-electron chi connectivity index (χ3n) is 0.619. The molecule has 2 nitrogen and oxygen atoms in total. The molecule has 2 heteroatoms. The van der Waals surface area contributed by atoms with E-state index >= 15 is 0 Å². The molecule has 1 radical (unpaired) electrons. The second kappa shape index (κ2) is 2.42. The van der Waals surface area contributed by atoms with Crippen LogP contribution in [-0.2, 0) is 4.84 Å². The maximum absolute atomic E-state index is 4.74. The van der Waals surface area contributed by atoms with Crippen LogP contribution in [0.3, 0.4) is 0 Å². The van der Waals surface area contributed by atoms with Gasteiger partial charge in [-0.2, -0.15) is 0 Å². The summed E-state index contributed by atoms with van der Waals surface area (Å²) >= 11 is 0. The van der Waals surface area contributed by atoms with E-state index in [0.29, 0.717) is 6.61 Å². The minimum Gasteiger partial charge on any atom is -0.273 e. The Labute approximate surface area is 42.4 Å². The normalized spacial score (nSPS) is 18.3. The van der Waals surface area contributed by atoms with Gasteiger partial charge in [0.05, 0.1) is 6.61 Å². The fourth-order valence-corrected chi connectivity index (χ4v) is 0.336. The highest BCUT2D eigenvalue weighted by molar-refractivity contribution is 4.95. The summed E-state index contributed by atoms with van der Waals surface area (Å²) in [6.07, 6.45) is 8.10. The lowest BCUT2D eigenvalue weighted by Gasteiger charge is -1.91. The number of rotatable bonds is 0. The van der Waals surface area contributed by atoms with Crippen molar-refractivity contribution in [2.24, 2.45) is 0 Å². The van der Waals surface area contributed by atoms with Gasteiger partial charge < -0.3 is 0 Å². The third kappa shape index (κ3) is 1.41. The van der Waals surface area contributed by atoms with Crippen molar-refractivity contribution in [3.8, 4) is 0 Å². The molecule has 0 fully saturated rings. The summed E-state index contributed by atoms with van der Waals surface area (Å²) in [5.74, 6) is 0. The second-order valence-electron chi connectivity index (χ2n) is 1.14. The molecule has 0 saturated carbocycles. The van der Waals surface area contributed by atoms with Crippen molar-refractivity contribution in [2.45, 2.75) is 0 Å². The Morgan fingerprint density at radius 2 is 2.71 bits per heavy atom. The van der Waals surface area contributed by atoms with Gasteiger partial charge >= 0.3 is 0 Å². The quantitative estimate of drug-likeness (QED) is 0.471. The molecule has 0 bridgehead atoms. The molecule has 0 spiro atoms. The van der Waals surface area contributed by atoms with E-state index in [-0.39, 0.29) is 0 Å². The van der Waals surface area contributed by atoms with Crippen LogP contribution in [0.1, 0.15) is 0 Å². The summed E-state index contributed by atoms with van der Waals surface area (Å²) in [5, 5.41) is 0. The molecular formula is C5H6NO. The minimum atomic E-state index is 0.615. The van der Waals surface area contributed by atoms with Gasteiger partial charge in [0.25, 0.3) is 0 Å². The van der Waals surface area contributed by atoms with E-state index < -0.39 is 0 Å². The largest absolute Gasteiger partial charge is 0.273 e. The SMILES string of the molecule is [C]1=CNOCC=C1. The molecule has 0 amide bonds. The van der Waals surface area contributed by atoms with Gasteiger partial charge in [0.2, 0.25) is 0 Å². The molecule has 0 aromatic heterocycles. The maximum atomic E-state index is 4.74. The summed E-state index contributed by atoms with van der Waals surface area (Å²) in [5.41, 5.74) is 2.55. The third-order valence-corrected chi connectivity index (χ3v) is 0.619. The van der Waals surface area contributed by atoms with Gasteiger partial charge in [0.15, 0.2) is 0 Å². The van der Waals surface area contributed by atoms with E-state index in [1.807, 2.05) is 6.08 Å². The first-order chi connectivity index (χ1) is 3.50. The molecule has 1 aliphatic rings. The average Bonchev–Trinajstić information content (AvgIpc) is 1.90. The van der Waals surface area contributed by atoms with Crippen LogP contribution in [0.15, 0.2) is 18.4 Å². The summed E-state index contributed by atoms with van der Waals surface area (Å²) in [7, 11) is 0. The molecule has 0 aromatic carbocycles. The van der Waals surface area contributed by atoms with Crippen molar-refractivity contribution in [3.63, 3.8) is 0 Å². The van der Waals surface area contributed by atoms with Crippen LogP contribution in [0.4, 0.5) is 0 Å². The van der Waals surface area contributed by atoms with E-state index in [2.05, 4.69) is 11.6 Å². The molecule has 1 N–H and O–H groups in total. The second-order valence-corrected chi connectivity index (χ2v) is 1.14. The van der Waals surface area contributed by atoms with Crippen LogP contribution in [0.2, 0.25) is 0 Å². The van der Waals surface area contributed by atoms with E-state index in [9.17, 15) is 0 Å². The van der Waals surface area contributed by atoms with Gasteiger partial charge in [0.1, 0.15) is 0 Å². The van der Waals surface area contributed by atoms with Crippen molar-refractivity contribution < 1.29 is 4.84 Å². The lowest BCUT2D eigenvalue weighted by molar-refractivity contribution is 0.0967. The molecule has 0 aromatic rings. The van der Waals surface area contributed by atoms with Crippen LogP contribution < -0.4 is 5.48 Å². The summed E-state index contributed by atoms with van der Waals surface area (Å²) < 4.78 is 0. The van der Waals surface area contributed by atoms with E-state index in [1.54, 1.807) is 12.3 Å². The smallest absolute Gasteiger partial charge is 0.0930 e. The summed E-state index contributed by atoms with van der Waals surface area (Å²) in [4.78, 5) is 4.74. The zero-order valence-electron chi connectivity index (χ0n) is 3.85. The summed E-state index contributed by atoms with van der Waals surface area (Å²) in [6, 6.07) is 0. The number of hydrogen-bond acceptors (Lipinski definition) is 2. The first kappa shape index (κ1) is 4.40. The summed E-state index contributed by atoms with van der Waals surface area (Å²) in [6.45, 7) is 0.615. The van der Waals surface area contributed by atoms with Gasteiger partial charge in [-0.3, -0.25) is 10.3 Å². The van der Waals surface area contributed by atoms with Gasteiger partial charge in [-0.1, -0.05) is 12.2 Å². The zero-order chi connectivity index (χ0) is 4.95. The first-order valence-corrected chi connectivity index (χ1v) is 2.10. The van der Waals surface area contributed by atoms with Gasteiger partial charge in [0, 0.05) is 12.3 Å². The molecule has 1 rings (SSSR count). The van der Waals surface area contributed by atoms with Crippen LogP contribution in [0.5, 0.6) is 0 Å². The lowest BCUT2D eigenvalue weighted by Crippen LogP contribution is -2.03. The van der Waals surface area contributed by atoms with Crippen LogP contribution in [0, 0.1) is 6.08 Å². The first-order valence-electron chi connectivity index (χ1n) is 2.10. The van der Waals surface area contributed by atoms with E-state index in [4.69, 9.17) is 4.84 Å². The highest BCUT2D eigenvalue weighted by Crippen LogP contribution is 1.79. The molecular weight excluding hydrogens is 90.1 g/mol. The number of nitrogens with one attached hydrogen (secondary N) is 1. The van der Waals surface area contributed by atoms with E-state index in [0.717, 1.165) is 0 Å². The monoisotopic (exact) mass is 96.0 g/mol. The minimum absolute atomic E-state index is 0.615. The van der Waals surface area contributed by atoms with Crippen molar-refractivity contribution in [1.82, 2.24) is 5.48 Å². The predicted molar refractivity (Wildman–Crippen MR) is 26.0 cm³/mol. The van der Waals surface area contributed by atoms with Crippen molar-refractivity contribution in [2.75, 3.05) is 6.61 Å². The average molecular weight is 96.1 g/mol. The van der Waals surface area contributed by atoms with Crippen molar-refractivity contribution in [1.29, 1.82) is 0 Å². The Kier molecular flexibility index (Phi) is 1.52. The number of hydrogen-bond donors (Lipinski definition) is 1. The number of hydroxylamine groups is 1. The maximum Gasteiger partial charge on any atom is 0.0930 e.